The van der Waals surface area contributed by atoms with Crippen LogP contribution in [0.1, 0.15) is 44.9 Å². The molecule has 3 aromatic heterocycles. The molecule has 3 heterocycles. The monoisotopic (exact) mass is 395 g/mol. The predicted octanol–water partition coefficient (Wildman–Crippen LogP) is 4.91. The number of fused-ring (bicyclic) bond motifs is 1. The van der Waals surface area contributed by atoms with Gasteiger partial charge in [-0.1, -0.05) is 11.6 Å². The van der Waals surface area contributed by atoms with Crippen molar-refractivity contribution in [3.05, 3.63) is 41.8 Å². The van der Waals surface area contributed by atoms with E-state index in [0.29, 0.717) is 23.3 Å². The Bertz CT molecular complexity index is 972. The zero-order chi connectivity index (χ0) is 19.1. The van der Waals surface area contributed by atoms with Crippen molar-refractivity contribution in [3.63, 3.8) is 0 Å². The second-order valence-corrected chi connectivity index (χ2v) is 8.59. The van der Waals surface area contributed by atoms with Gasteiger partial charge in [0.15, 0.2) is 0 Å². The van der Waals surface area contributed by atoms with Crippen molar-refractivity contribution in [2.45, 2.75) is 63.1 Å². The number of nitrogens with zero attached hydrogens (tertiary/aromatic N) is 3. The SMILES string of the molecule is NC1CCC(N(c2cc(-c3c[nH]c4ncccc34)cc(Cl)n2)C2CCC2)CC1. The number of halogens is 1. The maximum absolute atomic E-state index is 6.51. The zero-order valence-corrected chi connectivity index (χ0v) is 16.7. The molecule has 2 aliphatic rings. The van der Waals surface area contributed by atoms with Crippen molar-refractivity contribution in [3.8, 4) is 11.1 Å². The van der Waals surface area contributed by atoms with Gasteiger partial charge in [-0.05, 0) is 74.8 Å². The maximum Gasteiger partial charge on any atom is 0.137 e. The molecule has 0 unspecified atom stereocenters. The molecule has 0 aliphatic heterocycles. The largest absolute Gasteiger partial charge is 0.351 e. The number of aromatic amines is 1. The molecule has 2 saturated carbocycles. The summed E-state index contributed by atoms with van der Waals surface area (Å²) in [5.41, 5.74) is 9.26. The second kappa shape index (κ2) is 7.37. The van der Waals surface area contributed by atoms with Gasteiger partial charge in [0.05, 0.1) is 0 Å². The number of hydrogen-bond donors (Lipinski definition) is 2. The molecule has 0 atom stereocenters. The number of nitrogens with one attached hydrogen (secondary N) is 1. The number of hydrogen-bond acceptors (Lipinski definition) is 4. The molecule has 3 aromatic rings. The van der Waals surface area contributed by atoms with Gasteiger partial charge in [0.25, 0.3) is 0 Å². The fourth-order valence-corrected chi connectivity index (χ4v) is 4.89. The molecule has 5 rings (SSSR count). The summed E-state index contributed by atoms with van der Waals surface area (Å²) in [5.74, 6) is 1.01. The van der Waals surface area contributed by atoms with Crippen molar-refractivity contribution in [1.29, 1.82) is 0 Å². The molecule has 28 heavy (non-hydrogen) atoms. The first-order valence-corrected chi connectivity index (χ1v) is 10.7. The Balaban J connectivity index is 1.55. The van der Waals surface area contributed by atoms with Gasteiger partial charge in [-0.15, -0.1) is 0 Å². The Morgan fingerprint density at radius 1 is 1.07 bits per heavy atom. The van der Waals surface area contributed by atoms with Crippen molar-refractivity contribution in [1.82, 2.24) is 15.0 Å². The highest BCUT2D eigenvalue weighted by Gasteiger charge is 2.34. The zero-order valence-electron chi connectivity index (χ0n) is 15.9. The topological polar surface area (TPSA) is 70.8 Å². The Morgan fingerprint density at radius 3 is 2.61 bits per heavy atom. The van der Waals surface area contributed by atoms with E-state index in [1.807, 2.05) is 18.3 Å². The summed E-state index contributed by atoms with van der Waals surface area (Å²) in [7, 11) is 0. The van der Waals surface area contributed by atoms with Crippen LogP contribution in [0.3, 0.4) is 0 Å². The first kappa shape index (κ1) is 18.0. The van der Waals surface area contributed by atoms with Crippen LogP contribution in [-0.4, -0.2) is 33.1 Å². The van der Waals surface area contributed by atoms with Crippen molar-refractivity contribution >= 4 is 28.5 Å². The van der Waals surface area contributed by atoms with Crippen LogP contribution in [-0.2, 0) is 0 Å². The first-order chi connectivity index (χ1) is 13.7. The molecule has 0 saturated heterocycles. The van der Waals surface area contributed by atoms with Gasteiger partial charge in [-0.3, -0.25) is 0 Å². The number of H-pyrrole nitrogens is 1. The van der Waals surface area contributed by atoms with Gasteiger partial charge in [-0.2, -0.15) is 0 Å². The maximum atomic E-state index is 6.51. The lowest BCUT2D eigenvalue weighted by molar-refractivity contribution is 0.302. The number of anilines is 1. The molecular weight excluding hydrogens is 370 g/mol. The highest BCUT2D eigenvalue weighted by molar-refractivity contribution is 6.29. The van der Waals surface area contributed by atoms with E-state index in [1.165, 1.54) is 19.3 Å². The van der Waals surface area contributed by atoms with E-state index < -0.39 is 0 Å². The number of nitrogens with two attached hydrogens (primary N) is 1. The summed E-state index contributed by atoms with van der Waals surface area (Å²) in [4.78, 5) is 15.0. The normalized spacial score (nSPS) is 22.9. The van der Waals surface area contributed by atoms with Crippen molar-refractivity contribution < 1.29 is 0 Å². The van der Waals surface area contributed by atoms with Gasteiger partial charge in [0, 0.05) is 41.5 Å². The Morgan fingerprint density at radius 2 is 1.86 bits per heavy atom. The summed E-state index contributed by atoms with van der Waals surface area (Å²) in [5, 5.41) is 1.65. The third kappa shape index (κ3) is 3.27. The van der Waals surface area contributed by atoms with Gasteiger partial charge in [-0.25, -0.2) is 9.97 Å². The molecule has 0 radical (unpaired) electrons. The summed E-state index contributed by atoms with van der Waals surface area (Å²) >= 11 is 6.51. The standard InChI is InChI=1S/C22H26ClN5/c23-20-11-14(19-13-26-22-18(19)5-2-10-25-22)12-21(27-20)28(16-3-1-4-16)17-8-6-15(24)7-9-17/h2,5,10-13,15-17H,1,3-4,6-9,24H2,(H,25,26). The average Bonchev–Trinajstić information content (AvgIpc) is 3.09. The highest BCUT2D eigenvalue weighted by Crippen LogP contribution is 2.38. The molecule has 2 aliphatic carbocycles. The molecule has 0 bridgehead atoms. The van der Waals surface area contributed by atoms with Crippen molar-refractivity contribution in [2.24, 2.45) is 5.73 Å². The fourth-order valence-electron chi connectivity index (χ4n) is 4.68. The Hall–Kier alpha value is -2.11. The second-order valence-electron chi connectivity index (χ2n) is 8.20. The lowest BCUT2D eigenvalue weighted by Gasteiger charge is -2.45. The molecule has 146 valence electrons. The minimum absolute atomic E-state index is 0.348. The summed E-state index contributed by atoms with van der Waals surface area (Å²) < 4.78 is 0. The highest BCUT2D eigenvalue weighted by atomic mass is 35.5. The van der Waals surface area contributed by atoms with E-state index in [2.05, 4.69) is 27.0 Å². The minimum atomic E-state index is 0.348. The van der Waals surface area contributed by atoms with Crippen LogP contribution in [0.5, 0.6) is 0 Å². The van der Waals surface area contributed by atoms with Crippen LogP contribution in [0, 0.1) is 0 Å². The average molecular weight is 396 g/mol. The van der Waals surface area contributed by atoms with Crippen LogP contribution >= 0.6 is 11.6 Å². The molecule has 0 amide bonds. The van der Waals surface area contributed by atoms with Gasteiger partial charge >= 0.3 is 0 Å². The van der Waals surface area contributed by atoms with E-state index in [-0.39, 0.29) is 0 Å². The van der Waals surface area contributed by atoms with E-state index in [0.717, 1.165) is 53.7 Å². The fraction of sp³-hybridized carbons (Fsp3) is 0.455. The Kier molecular flexibility index (Phi) is 4.73. The number of aromatic nitrogens is 3. The third-order valence-corrected chi connectivity index (χ3v) is 6.60. The first-order valence-electron chi connectivity index (χ1n) is 10.3. The number of rotatable bonds is 4. The van der Waals surface area contributed by atoms with Crippen molar-refractivity contribution in [2.75, 3.05) is 4.90 Å². The Labute approximate surface area is 170 Å². The van der Waals surface area contributed by atoms with E-state index in [9.17, 15) is 0 Å². The molecule has 3 N–H and O–H groups in total. The van der Waals surface area contributed by atoms with Crippen LogP contribution in [0.2, 0.25) is 5.15 Å². The molecule has 2 fully saturated rings. The molecule has 5 nitrogen and oxygen atoms in total. The predicted molar refractivity (Wildman–Crippen MR) is 115 cm³/mol. The van der Waals surface area contributed by atoms with Crippen LogP contribution in [0.25, 0.3) is 22.2 Å². The van der Waals surface area contributed by atoms with E-state index in [4.69, 9.17) is 22.3 Å². The lowest BCUT2D eigenvalue weighted by atomic mass is 9.85. The smallest absolute Gasteiger partial charge is 0.137 e. The molecule has 0 aromatic carbocycles. The summed E-state index contributed by atoms with van der Waals surface area (Å²) in [6.07, 6.45) is 12.1. The van der Waals surface area contributed by atoms with Crippen LogP contribution in [0.15, 0.2) is 36.7 Å². The summed E-state index contributed by atoms with van der Waals surface area (Å²) in [6, 6.07) is 9.64. The van der Waals surface area contributed by atoms with Gasteiger partial charge < -0.3 is 15.6 Å². The van der Waals surface area contributed by atoms with Gasteiger partial charge in [0.1, 0.15) is 16.6 Å². The van der Waals surface area contributed by atoms with E-state index in [1.54, 1.807) is 6.20 Å². The molecule has 6 heteroatoms. The molecule has 0 spiro atoms. The quantitative estimate of drug-likeness (QED) is 0.616. The van der Waals surface area contributed by atoms with Crippen LogP contribution in [0.4, 0.5) is 5.82 Å². The third-order valence-electron chi connectivity index (χ3n) is 6.41. The number of pyridine rings is 2. The van der Waals surface area contributed by atoms with Gasteiger partial charge in [0.2, 0.25) is 0 Å². The minimum Gasteiger partial charge on any atom is -0.351 e. The summed E-state index contributed by atoms with van der Waals surface area (Å²) in [6.45, 7) is 0. The van der Waals surface area contributed by atoms with E-state index >= 15 is 0 Å². The molecular formula is C22H26ClN5. The lowest BCUT2D eigenvalue weighted by Crippen LogP contribution is -2.49. The van der Waals surface area contributed by atoms with Crippen LogP contribution < -0.4 is 10.6 Å².